The maximum Gasteiger partial charge on any atom is 0.257 e. The number of benzene rings is 1. The average Bonchev–Trinajstić information content (AvgIpc) is 3.39. The van der Waals surface area contributed by atoms with E-state index < -0.39 is 17.8 Å². The van der Waals surface area contributed by atoms with E-state index in [1.165, 1.54) is 12.1 Å². The first-order chi connectivity index (χ1) is 12.8. The fraction of sp³-hybridized carbons (Fsp3) is 0.400. The summed E-state index contributed by atoms with van der Waals surface area (Å²) in [6, 6.07) is 4.71. The molecule has 1 heterocycles. The molecule has 6 nitrogen and oxygen atoms in total. The molecular weight excluding hydrogens is 349 g/mol. The second kappa shape index (κ2) is 7.31. The third-order valence-electron chi connectivity index (χ3n) is 4.68. The molecule has 1 fully saturated rings. The maximum absolute atomic E-state index is 13.9. The molecule has 1 amide bonds. The smallest absolute Gasteiger partial charge is 0.257 e. The number of carbonyl (C=O) groups is 2. The first kappa shape index (κ1) is 18.8. The Balaban J connectivity index is 1.86. The van der Waals surface area contributed by atoms with Gasteiger partial charge in [0, 0.05) is 11.5 Å². The fourth-order valence-corrected chi connectivity index (χ4v) is 3.04. The number of nitrogens with zero attached hydrogens (tertiary/aromatic N) is 2. The van der Waals surface area contributed by atoms with Gasteiger partial charge in [0.1, 0.15) is 17.4 Å². The van der Waals surface area contributed by atoms with Gasteiger partial charge in [-0.25, -0.2) is 4.39 Å². The van der Waals surface area contributed by atoms with Gasteiger partial charge in [0.15, 0.2) is 11.5 Å². The quantitative estimate of drug-likeness (QED) is 0.786. The first-order valence-corrected chi connectivity index (χ1v) is 8.84. The van der Waals surface area contributed by atoms with E-state index in [4.69, 9.17) is 9.78 Å². The standard InChI is InChI=1S/C20H20FN3O3/c1-10(2)19-16(11(3)24-27-19)20(26)23-17(12-4-5-12)18(25)13-6-7-14(9-22)15(21)8-13/h6-8,10,12,17H,4-5H2,1-3H3,(H,23,26). The molecule has 0 bridgehead atoms. The van der Waals surface area contributed by atoms with Crippen LogP contribution < -0.4 is 5.32 Å². The SMILES string of the molecule is Cc1noc(C(C)C)c1C(=O)NC(C(=O)c1ccc(C#N)c(F)c1)C1CC1. The number of hydrogen-bond acceptors (Lipinski definition) is 5. The minimum absolute atomic E-state index is 0.0165. The maximum atomic E-state index is 13.9. The number of aromatic nitrogens is 1. The number of ketones is 1. The minimum Gasteiger partial charge on any atom is -0.360 e. The molecule has 0 saturated heterocycles. The van der Waals surface area contributed by atoms with Gasteiger partial charge < -0.3 is 9.84 Å². The number of rotatable bonds is 6. The average molecular weight is 369 g/mol. The molecule has 0 radical (unpaired) electrons. The van der Waals surface area contributed by atoms with Crippen LogP contribution in [0.3, 0.4) is 0 Å². The highest BCUT2D eigenvalue weighted by atomic mass is 19.1. The van der Waals surface area contributed by atoms with Crippen molar-refractivity contribution in [3.63, 3.8) is 0 Å². The lowest BCUT2D eigenvalue weighted by Gasteiger charge is -2.18. The molecule has 1 aromatic heterocycles. The monoisotopic (exact) mass is 369 g/mol. The van der Waals surface area contributed by atoms with Crippen molar-refractivity contribution in [1.82, 2.24) is 10.5 Å². The molecule has 0 aliphatic heterocycles. The summed E-state index contributed by atoms with van der Waals surface area (Å²) in [6.45, 7) is 5.45. The Morgan fingerprint density at radius 2 is 2.07 bits per heavy atom. The Bertz CT molecular complexity index is 938. The van der Waals surface area contributed by atoms with Gasteiger partial charge in [-0.2, -0.15) is 5.26 Å². The summed E-state index contributed by atoms with van der Waals surface area (Å²) < 4.78 is 19.1. The van der Waals surface area contributed by atoms with E-state index in [1.54, 1.807) is 13.0 Å². The van der Waals surface area contributed by atoms with E-state index in [0.717, 1.165) is 18.9 Å². The van der Waals surface area contributed by atoms with Crippen LogP contribution in [0.2, 0.25) is 0 Å². The van der Waals surface area contributed by atoms with Crippen molar-refractivity contribution >= 4 is 11.7 Å². The largest absolute Gasteiger partial charge is 0.360 e. The molecule has 1 unspecified atom stereocenters. The first-order valence-electron chi connectivity index (χ1n) is 8.84. The Morgan fingerprint density at radius 1 is 1.37 bits per heavy atom. The summed E-state index contributed by atoms with van der Waals surface area (Å²) in [4.78, 5) is 25.7. The highest BCUT2D eigenvalue weighted by molar-refractivity contribution is 6.05. The van der Waals surface area contributed by atoms with Gasteiger partial charge in [0.05, 0.1) is 17.3 Å². The van der Waals surface area contributed by atoms with Crippen LogP contribution in [-0.2, 0) is 0 Å². The predicted octanol–water partition coefficient (Wildman–Crippen LogP) is 3.51. The van der Waals surface area contributed by atoms with E-state index in [0.29, 0.717) is 17.0 Å². The zero-order chi connectivity index (χ0) is 19.7. The van der Waals surface area contributed by atoms with Gasteiger partial charge in [-0.15, -0.1) is 0 Å². The number of hydrogen-bond donors (Lipinski definition) is 1. The number of amides is 1. The van der Waals surface area contributed by atoms with E-state index in [-0.39, 0.29) is 28.7 Å². The molecule has 1 saturated carbocycles. The van der Waals surface area contributed by atoms with Crippen LogP contribution in [-0.4, -0.2) is 22.9 Å². The summed E-state index contributed by atoms with van der Waals surface area (Å²) in [5, 5.41) is 15.5. The van der Waals surface area contributed by atoms with Gasteiger partial charge >= 0.3 is 0 Å². The van der Waals surface area contributed by atoms with Crippen molar-refractivity contribution in [1.29, 1.82) is 5.26 Å². The number of Topliss-reactive ketones (excluding diaryl/α,β-unsaturated/α-hetero) is 1. The molecule has 0 spiro atoms. The summed E-state index contributed by atoms with van der Waals surface area (Å²) in [6.07, 6.45) is 1.63. The second-order valence-corrected chi connectivity index (χ2v) is 7.12. The van der Waals surface area contributed by atoms with Crippen LogP contribution >= 0.6 is 0 Å². The van der Waals surface area contributed by atoms with E-state index in [2.05, 4.69) is 10.5 Å². The number of aryl methyl sites for hydroxylation is 1. The zero-order valence-corrected chi connectivity index (χ0v) is 15.4. The third kappa shape index (κ3) is 3.75. The zero-order valence-electron chi connectivity index (χ0n) is 15.4. The molecular formula is C20H20FN3O3. The van der Waals surface area contributed by atoms with E-state index in [9.17, 15) is 14.0 Å². The van der Waals surface area contributed by atoms with Gasteiger partial charge in [0.2, 0.25) is 0 Å². The van der Waals surface area contributed by atoms with Crippen LogP contribution in [0.5, 0.6) is 0 Å². The number of nitriles is 1. The summed E-state index contributed by atoms with van der Waals surface area (Å²) in [7, 11) is 0. The van der Waals surface area contributed by atoms with Crippen molar-refractivity contribution in [2.24, 2.45) is 5.92 Å². The van der Waals surface area contributed by atoms with E-state index in [1.807, 2.05) is 13.8 Å². The number of nitrogens with one attached hydrogen (secondary N) is 1. The summed E-state index contributed by atoms with van der Waals surface area (Å²) in [5.41, 5.74) is 0.812. The van der Waals surface area contributed by atoms with Gasteiger partial charge in [-0.1, -0.05) is 19.0 Å². The highest BCUT2D eigenvalue weighted by Gasteiger charge is 2.39. The normalized spacial score (nSPS) is 14.7. The van der Waals surface area contributed by atoms with Crippen LogP contribution in [0.4, 0.5) is 4.39 Å². The van der Waals surface area contributed by atoms with Gasteiger partial charge in [0.25, 0.3) is 5.91 Å². The summed E-state index contributed by atoms with van der Waals surface area (Å²) in [5.74, 6) is -1.08. The van der Waals surface area contributed by atoms with Crippen LogP contribution in [0.15, 0.2) is 22.7 Å². The van der Waals surface area contributed by atoms with Gasteiger partial charge in [-0.3, -0.25) is 9.59 Å². The Morgan fingerprint density at radius 3 is 2.63 bits per heavy atom. The Kier molecular flexibility index (Phi) is 5.08. The Labute approximate surface area is 156 Å². The van der Waals surface area contributed by atoms with Gasteiger partial charge in [-0.05, 0) is 43.9 Å². The fourth-order valence-electron chi connectivity index (χ4n) is 3.04. The van der Waals surface area contributed by atoms with Crippen LogP contribution in [0, 0.1) is 30.0 Å². The molecule has 1 aromatic carbocycles. The topological polar surface area (TPSA) is 96.0 Å². The van der Waals surface area contributed by atoms with Crippen molar-refractivity contribution in [2.75, 3.05) is 0 Å². The Hall–Kier alpha value is -3.01. The lowest BCUT2D eigenvalue weighted by molar-refractivity contribution is 0.0843. The molecule has 27 heavy (non-hydrogen) atoms. The third-order valence-corrected chi connectivity index (χ3v) is 4.68. The molecule has 2 aromatic rings. The molecule has 7 heteroatoms. The van der Waals surface area contributed by atoms with E-state index >= 15 is 0 Å². The van der Waals surface area contributed by atoms with Crippen molar-refractivity contribution in [3.05, 3.63) is 52.2 Å². The van der Waals surface area contributed by atoms with Crippen LogP contribution in [0.25, 0.3) is 0 Å². The second-order valence-electron chi connectivity index (χ2n) is 7.12. The van der Waals surface area contributed by atoms with Crippen molar-refractivity contribution in [2.45, 2.75) is 45.6 Å². The number of halogens is 1. The lowest BCUT2D eigenvalue weighted by atomic mass is 9.98. The van der Waals surface area contributed by atoms with Crippen LogP contribution in [0.1, 0.15) is 70.3 Å². The van der Waals surface area contributed by atoms with Crippen molar-refractivity contribution < 1.29 is 18.5 Å². The van der Waals surface area contributed by atoms with Crippen molar-refractivity contribution in [3.8, 4) is 6.07 Å². The predicted molar refractivity (Wildman–Crippen MR) is 94.8 cm³/mol. The highest BCUT2D eigenvalue weighted by Crippen LogP contribution is 2.35. The molecule has 1 N–H and O–H groups in total. The summed E-state index contributed by atoms with van der Waals surface area (Å²) >= 11 is 0. The minimum atomic E-state index is -0.751. The molecule has 3 rings (SSSR count). The molecule has 1 aliphatic rings. The lowest BCUT2D eigenvalue weighted by Crippen LogP contribution is -2.43. The molecule has 1 aliphatic carbocycles. The molecule has 140 valence electrons. The number of carbonyl (C=O) groups excluding carboxylic acids is 2. The molecule has 1 atom stereocenters.